The summed E-state index contributed by atoms with van der Waals surface area (Å²) in [5.74, 6) is 0.986. The molecule has 2 saturated carbocycles. The Morgan fingerprint density at radius 2 is 1.72 bits per heavy atom. The Balaban J connectivity index is 0.000000128. The van der Waals surface area contributed by atoms with Gasteiger partial charge in [-0.25, -0.2) is 0 Å². The van der Waals surface area contributed by atoms with Crippen molar-refractivity contribution < 1.29 is 10.2 Å². The van der Waals surface area contributed by atoms with Gasteiger partial charge in [-0.05, 0) is 18.1 Å². The van der Waals surface area contributed by atoms with E-state index < -0.39 is 0 Å². The number of para-hydroxylation sites is 1. The summed E-state index contributed by atoms with van der Waals surface area (Å²) >= 11 is 1.95. The second kappa shape index (κ2) is 12.1. The molecule has 1 aromatic rings. The molecule has 29 heavy (non-hydrogen) atoms. The number of hydrogen-bond donors (Lipinski definition) is 2. The number of hydrogen-bond acceptors (Lipinski definition) is 2. The molecular formula is C24H35GaN2O2-2. The van der Waals surface area contributed by atoms with E-state index in [1.807, 2.05) is 42.9 Å². The van der Waals surface area contributed by atoms with Crippen LogP contribution in [-0.2, 0) is 0 Å². The van der Waals surface area contributed by atoms with Crippen molar-refractivity contribution >= 4 is 30.4 Å². The Morgan fingerprint density at radius 1 is 0.931 bits per heavy atom. The molecule has 0 spiro atoms. The molecule has 5 rings (SSSR count). The number of benzene rings is 1. The predicted octanol–water partition coefficient (Wildman–Crippen LogP) is 6.02. The van der Waals surface area contributed by atoms with Crippen LogP contribution < -0.4 is 0 Å². The first-order valence-electron chi connectivity index (χ1n) is 11.4. The van der Waals surface area contributed by atoms with E-state index in [0.717, 1.165) is 28.7 Å². The molecule has 2 radical (unpaired) electrons. The van der Waals surface area contributed by atoms with Crippen molar-refractivity contribution in [1.29, 1.82) is 0 Å². The topological polar surface area (TPSA) is 68.7 Å². The van der Waals surface area contributed by atoms with E-state index in [4.69, 9.17) is 0 Å². The van der Waals surface area contributed by atoms with Gasteiger partial charge in [0, 0.05) is 6.10 Å². The normalized spacial score (nSPS) is 28.4. The van der Waals surface area contributed by atoms with Crippen LogP contribution in [0.1, 0.15) is 69.8 Å². The number of aliphatic hydroxyl groups excluding tert-OH is 1. The van der Waals surface area contributed by atoms with Crippen LogP contribution in [0.2, 0.25) is 4.47 Å². The van der Waals surface area contributed by atoms with Gasteiger partial charge in [-0.15, -0.1) is 25.2 Å². The molecule has 3 fully saturated rings. The molecule has 5 heteroatoms. The first-order valence-corrected chi connectivity index (χ1v) is 12.8. The number of phenols is 1. The maximum absolute atomic E-state index is 9.61. The van der Waals surface area contributed by atoms with Gasteiger partial charge < -0.3 is 20.8 Å². The van der Waals surface area contributed by atoms with Gasteiger partial charge in [-0.1, -0.05) is 55.5 Å². The van der Waals surface area contributed by atoms with Gasteiger partial charge in [-0.2, -0.15) is 0 Å². The Bertz CT molecular complexity index is 644. The van der Waals surface area contributed by atoms with Gasteiger partial charge in [0.2, 0.25) is 0 Å². The zero-order valence-electron chi connectivity index (χ0n) is 17.5. The van der Waals surface area contributed by atoms with Crippen molar-refractivity contribution in [2.45, 2.75) is 80.8 Å². The second-order valence-electron chi connectivity index (χ2n) is 8.65. The predicted molar refractivity (Wildman–Crippen MR) is 122 cm³/mol. The van der Waals surface area contributed by atoms with Crippen molar-refractivity contribution in [3.05, 3.63) is 40.5 Å². The molecule has 1 aromatic carbocycles. The second-order valence-corrected chi connectivity index (χ2v) is 10.6. The van der Waals surface area contributed by atoms with Crippen molar-refractivity contribution in [2.75, 3.05) is 13.1 Å². The number of fused-ring (bicyclic) bond motifs is 2. The molecule has 4 aliphatic rings. The molecule has 2 aliphatic heterocycles. The fraction of sp³-hybridized carbons (Fsp3) is 0.667. The van der Waals surface area contributed by atoms with Crippen LogP contribution in [0, 0.1) is 5.92 Å². The molecule has 0 aromatic heterocycles. The fourth-order valence-electron chi connectivity index (χ4n) is 4.74. The van der Waals surface area contributed by atoms with E-state index in [-0.39, 0.29) is 11.9 Å². The van der Waals surface area contributed by atoms with Gasteiger partial charge in [-0.3, -0.25) is 0 Å². The molecular weight excluding hydrogens is 418 g/mol. The van der Waals surface area contributed by atoms with Crippen molar-refractivity contribution in [1.82, 2.24) is 0 Å². The first kappa shape index (κ1) is 22.8. The summed E-state index contributed by atoms with van der Waals surface area (Å²) in [4.78, 5) is 0. The Hall–Kier alpha value is -0.884. The molecule has 2 N–H and O–H groups in total. The van der Waals surface area contributed by atoms with Crippen molar-refractivity contribution in [3.8, 4) is 5.75 Å². The average Bonchev–Trinajstić information content (AvgIpc) is 2.76. The Labute approximate surface area is 186 Å². The van der Waals surface area contributed by atoms with Gasteiger partial charge in [0.1, 0.15) is 5.75 Å². The minimum atomic E-state index is -0.117. The average molecular weight is 453 g/mol. The summed E-state index contributed by atoms with van der Waals surface area (Å²) in [5, 5.41) is 27.6. The number of rotatable bonds is 0. The molecule has 2 aliphatic carbocycles. The molecule has 4 nitrogen and oxygen atoms in total. The van der Waals surface area contributed by atoms with E-state index in [9.17, 15) is 10.2 Å². The number of piperidine rings is 1. The summed E-state index contributed by atoms with van der Waals surface area (Å²) < 4.78 is 1.10. The van der Waals surface area contributed by atoms with Crippen LogP contribution in [0.15, 0.2) is 24.3 Å². The van der Waals surface area contributed by atoms with Crippen molar-refractivity contribution in [2.24, 2.45) is 5.92 Å². The molecule has 0 bridgehead atoms. The van der Waals surface area contributed by atoms with Crippen LogP contribution in [0.5, 0.6) is 5.75 Å². The summed E-state index contributed by atoms with van der Waals surface area (Å²) in [5.41, 5.74) is 1.71. The fourth-order valence-corrected chi connectivity index (χ4v) is 5.73. The van der Waals surface area contributed by atoms with Crippen LogP contribution >= 0.6 is 0 Å². The summed E-state index contributed by atoms with van der Waals surface area (Å²) in [7, 11) is 0. The summed E-state index contributed by atoms with van der Waals surface area (Å²) in [6, 6.07) is 5.72. The monoisotopic (exact) mass is 452 g/mol. The van der Waals surface area contributed by atoms with E-state index in [0.29, 0.717) is 18.5 Å². The molecule has 158 valence electrons. The van der Waals surface area contributed by atoms with E-state index >= 15 is 0 Å². The molecule has 1 saturated heterocycles. The van der Waals surface area contributed by atoms with Gasteiger partial charge >= 0.3 is 55.2 Å². The van der Waals surface area contributed by atoms with Crippen LogP contribution in [0.3, 0.4) is 0 Å². The van der Waals surface area contributed by atoms with Crippen molar-refractivity contribution in [3.63, 3.8) is 0 Å². The quantitative estimate of drug-likeness (QED) is 0.472. The maximum atomic E-state index is 9.61. The zero-order chi connectivity index (χ0) is 20.5. The van der Waals surface area contributed by atoms with Crippen LogP contribution in [-0.4, -0.2) is 54.0 Å². The van der Waals surface area contributed by atoms with E-state index in [2.05, 4.69) is 10.6 Å². The third kappa shape index (κ3) is 7.09. The standard InChI is InChI=1S/C9H16NO.C9H8NO.C6H11.Ga/c2*11-8-5-1-3-7-4-2-6-10-9(7)8;1-2-4-6-5-3-1;/h7-9,11H,1-6H2;1-5,11H,6H2;1H,2-6H2;/q2*-1;;. The third-order valence-electron chi connectivity index (χ3n) is 6.37. The summed E-state index contributed by atoms with van der Waals surface area (Å²) in [6.45, 7) is 1.66. The number of aromatic hydroxyl groups is 1. The Kier molecular flexibility index (Phi) is 9.50. The molecule has 3 unspecified atom stereocenters. The van der Waals surface area contributed by atoms with Gasteiger partial charge in [0.15, 0.2) is 0 Å². The number of aliphatic hydroxyl groups is 1. The zero-order valence-corrected chi connectivity index (χ0v) is 20.0. The number of nitrogens with zero attached hydrogens (tertiary/aromatic N) is 2. The van der Waals surface area contributed by atoms with Gasteiger partial charge in [0.25, 0.3) is 0 Å². The first-order chi connectivity index (χ1) is 14.1. The SMILES string of the molecule is OC1CCCC2CCC[N-]C12.Oc1cccc2c1[N-]CC=C2.[Ga][CH]1CCCCC1. The van der Waals surface area contributed by atoms with Gasteiger partial charge in [0.05, 0.1) is 0 Å². The van der Waals surface area contributed by atoms with Crippen LogP contribution in [0.25, 0.3) is 16.7 Å². The number of phenolic OH excluding ortho intramolecular Hbond substituents is 1. The Morgan fingerprint density at radius 3 is 2.41 bits per heavy atom. The molecule has 0 amide bonds. The molecule has 2 heterocycles. The van der Waals surface area contributed by atoms with E-state index in [1.54, 1.807) is 6.07 Å². The molecule has 3 atom stereocenters. The van der Waals surface area contributed by atoms with Crippen LogP contribution in [0.4, 0.5) is 5.69 Å². The minimum absolute atomic E-state index is 0.117. The summed E-state index contributed by atoms with van der Waals surface area (Å²) in [6.07, 6.45) is 17.4. The third-order valence-corrected chi connectivity index (χ3v) is 7.77. The van der Waals surface area contributed by atoms with E-state index in [1.165, 1.54) is 57.8 Å².